The summed E-state index contributed by atoms with van der Waals surface area (Å²) in [6.45, 7) is 3.57. The van der Waals surface area contributed by atoms with Gasteiger partial charge < -0.3 is 9.47 Å². The van der Waals surface area contributed by atoms with Gasteiger partial charge in [-0.05, 0) is 47.9 Å². The van der Waals surface area contributed by atoms with Crippen molar-refractivity contribution in [2.45, 2.75) is 20.0 Å². The van der Waals surface area contributed by atoms with Gasteiger partial charge in [0.2, 0.25) is 5.78 Å². The first-order valence-electron chi connectivity index (χ1n) is 10.6. The number of rotatable bonds is 4. The molecule has 2 aliphatic rings. The van der Waals surface area contributed by atoms with Crippen LogP contribution in [0.15, 0.2) is 72.5 Å². The monoisotopic (exact) mass is 477 g/mol. The van der Waals surface area contributed by atoms with E-state index >= 15 is 0 Å². The molecule has 0 N–H and O–H groups in total. The Morgan fingerprint density at radius 2 is 1.88 bits per heavy atom. The Morgan fingerprint density at radius 1 is 1.06 bits per heavy atom. The highest BCUT2D eigenvalue weighted by atomic mass is 35.5. The van der Waals surface area contributed by atoms with Crippen LogP contribution in [0.3, 0.4) is 0 Å². The third kappa shape index (κ3) is 4.42. The zero-order valence-electron chi connectivity index (χ0n) is 18.0. The van der Waals surface area contributed by atoms with E-state index in [1.54, 1.807) is 12.1 Å². The predicted octanol–water partition coefficient (Wildman–Crippen LogP) is 6.83. The lowest BCUT2D eigenvalue weighted by Gasteiger charge is -2.30. The van der Waals surface area contributed by atoms with Gasteiger partial charge in [0.25, 0.3) is 0 Å². The van der Waals surface area contributed by atoms with Gasteiger partial charge in [-0.1, -0.05) is 71.8 Å². The van der Waals surface area contributed by atoms with Crippen LogP contribution in [0, 0.1) is 6.92 Å². The van der Waals surface area contributed by atoms with Crippen LogP contribution in [-0.4, -0.2) is 17.4 Å². The molecule has 0 bridgehead atoms. The number of ketones is 1. The molecule has 33 heavy (non-hydrogen) atoms. The average molecular weight is 478 g/mol. The van der Waals surface area contributed by atoms with Gasteiger partial charge in [0, 0.05) is 13.1 Å². The fraction of sp³-hybridized carbons (Fsp3) is 0.148. The van der Waals surface area contributed by atoms with Crippen LogP contribution in [-0.2, 0) is 13.1 Å². The highest BCUT2D eigenvalue weighted by Crippen LogP contribution is 2.44. The summed E-state index contributed by atoms with van der Waals surface area (Å²) in [5.41, 5.74) is 4.42. The van der Waals surface area contributed by atoms with E-state index in [1.165, 1.54) is 0 Å². The molecule has 2 heterocycles. The Balaban J connectivity index is 1.40. The molecule has 0 amide bonds. The van der Waals surface area contributed by atoms with Gasteiger partial charge in [-0.2, -0.15) is 0 Å². The Hall–Kier alpha value is -3.05. The maximum atomic E-state index is 13.1. The first-order valence-corrected chi connectivity index (χ1v) is 11.4. The molecule has 3 aromatic carbocycles. The fourth-order valence-corrected chi connectivity index (χ4v) is 4.42. The third-order valence-corrected chi connectivity index (χ3v) is 6.45. The summed E-state index contributed by atoms with van der Waals surface area (Å²) in [7, 11) is 0. The zero-order valence-corrected chi connectivity index (χ0v) is 19.5. The molecule has 0 aromatic heterocycles. The Bertz CT molecular complexity index is 1300. The fourth-order valence-electron chi connectivity index (χ4n) is 4.10. The van der Waals surface area contributed by atoms with Gasteiger partial charge in [0.15, 0.2) is 5.76 Å². The molecule has 3 aromatic rings. The second-order valence-electron chi connectivity index (χ2n) is 8.12. The number of halogens is 2. The molecule has 4 nitrogen and oxygen atoms in total. The number of carbonyl (C=O) groups excluding carboxylic acids is 1. The first-order chi connectivity index (χ1) is 16.0. The van der Waals surface area contributed by atoms with Crippen molar-refractivity contribution < 1.29 is 14.3 Å². The molecule has 5 rings (SSSR count). The van der Waals surface area contributed by atoms with Crippen LogP contribution in [0.4, 0.5) is 0 Å². The van der Waals surface area contributed by atoms with Crippen LogP contribution in [0.1, 0.15) is 32.6 Å². The van der Waals surface area contributed by atoms with Gasteiger partial charge in [-0.15, -0.1) is 0 Å². The topological polar surface area (TPSA) is 38.8 Å². The Labute approximate surface area is 202 Å². The number of fused-ring (bicyclic) bond motifs is 3. The molecule has 0 aliphatic carbocycles. The minimum absolute atomic E-state index is 0.107. The molecule has 0 saturated heterocycles. The third-order valence-electron chi connectivity index (χ3n) is 5.71. The van der Waals surface area contributed by atoms with Crippen molar-refractivity contribution in [2.75, 3.05) is 6.73 Å². The van der Waals surface area contributed by atoms with Crippen molar-refractivity contribution >= 4 is 35.1 Å². The molecule has 0 saturated carbocycles. The predicted molar refractivity (Wildman–Crippen MR) is 131 cm³/mol. The van der Waals surface area contributed by atoms with Crippen molar-refractivity contribution in [1.29, 1.82) is 0 Å². The van der Waals surface area contributed by atoms with Gasteiger partial charge in [-0.25, -0.2) is 0 Å². The number of hydrogen-bond donors (Lipinski definition) is 0. The summed E-state index contributed by atoms with van der Waals surface area (Å²) in [5.74, 6) is 1.55. The van der Waals surface area contributed by atoms with E-state index in [0.29, 0.717) is 46.9 Å². The van der Waals surface area contributed by atoms with E-state index in [0.717, 1.165) is 28.0 Å². The number of aryl methyl sites for hydroxylation is 1. The molecule has 0 radical (unpaired) electrons. The number of hydrogen-bond acceptors (Lipinski definition) is 4. The standard InChI is InChI=1S/C27H21Cl2NO3/c1-17-12-24-20(15-30(16-32-24)14-19-10-11-21(28)22(29)13-19)27-25(17)26(31)23(33-27)9-5-8-18-6-3-2-4-7-18/h2-13H,14-16H2,1H3/b8-5+,23-9-. The minimum atomic E-state index is -0.107. The number of carbonyl (C=O) groups is 1. The number of allylic oxidation sites excluding steroid dienone is 3. The maximum absolute atomic E-state index is 13.1. The molecule has 0 unspecified atom stereocenters. The largest absolute Gasteiger partial charge is 0.478 e. The van der Waals surface area contributed by atoms with E-state index in [4.69, 9.17) is 32.7 Å². The van der Waals surface area contributed by atoms with E-state index in [-0.39, 0.29) is 5.78 Å². The Kier molecular flexibility index (Phi) is 5.98. The molecule has 0 spiro atoms. The van der Waals surface area contributed by atoms with Crippen molar-refractivity contribution in [2.24, 2.45) is 0 Å². The minimum Gasteiger partial charge on any atom is -0.478 e. The highest BCUT2D eigenvalue weighted by molar-refractivity contribution is 6.42. The van der Waals surface area contributed by atoms with Gasteiger partial charge in [0.05, 0.1) is 21.2 Å². The first kappa shape index (κ1) is 21.8. The van der Waals surface area contributed by atoms with E-state index in [2.05, 4.69) is 4.90 Å². The second-order valence-corrected chi connectivity index (χ2v) is 8.93. The molecule has 0 fully saturated rings. The molecule has 2 aliphatic heterocycles. The number of benzene rings is 3. The zero-order chi connectivity index (χ0) is 22.9. The number of ether oxygens (including phenoxy) is 2. The second kappa shape index (κ2) is 9.06. The van der Waals surface area contributed by atoms with Crippen molar-refractivity contribution in [3.8, 4) is 11.5 Å². The normalized spacial score (nSPS) is 16.6. The van der Waals surface area contributed by atoms with Crippen molar-refractivity contribution in [1.82, 2.24) is 4.90 Å². The Morgan fingerprint density at radius 3 is 2.67 bits per heavy atom. The summed E-state index contributed by atoms with van der Waals surface area (Å²) in [6, 6.07) is 17.4. The molecule has 0 atom stereocenters. The highest BCUT2D eigenvalue weighted by Gasteiger charge is 2.35. The van der Waals surface area contributed by atoms with Crippen LogP contribution in [0.25, 0.3) is 6.08 Å². The summed E-state index contributed by atoms with van der Waals surface area (Å²) in [5, 5.41) is 1.05. The van der Waals surface area contributed by atoms with E-state index < -0.39 is 0 Å². The molecular weight excluding hydrogens is 457 g/mol. The van der Waals surface area contributed by atoms with Crippen LogP contribution >= 0.6 is 23.2 Å². The van der Waals surface area contributed by atoms with Crippen LogP contribution < -0.4 is 9.47 Å². The van der Waals surface area contributed by atoms with Crippen molar-refractivity contribution in [3.05, 3.63) is 110 Å². The van der Waals surface area contributed by atoms with Gasteiger partial charge >= 0.3 is 0 Å². The van der Waals surface area contributed by atoms with Crippen LogP contribution in [0.2, 0.25) is 10.0 Å². The van der Waals surface area contributed by atoms with Gasteiger partial charge in [0.1, 0.15) is 18.2 Å². The molecule has 6 heteroatoms. The summed E-state index contributed by atoms with van der Waals surface area (Å²) < 4.78 is 12.1. The number of Topliss-reactive ketones (excluding diaryl/α,β-unsaturated/α-hetero) is 1. The smallest absolute Gasteiger partial charge is 0.232 e. The molecule has 166 valence electrons. The lowest BCUT2D eigenvalue weighted by molar-refractivity contribution is 0.0872. The van der Waals surface area contributed by atoms with Gasteiger partial charge in [-0.3, -0.25) is 9.69 Å². The van der Waals surface area contributed by atoms with E-state index in [1.807, 2.05) is 67.6 Å². The summed E-state index contributed by atoms with van der Waals surface area (Å²) in [6.07, 6.45) is 5.50. The lowest BCUT2D eigenvalue weighted by atomic mass is 9.98. The average Bonchev–Trinajstić information content (AvgIpc) is 3.15. The summed E-state index contributed by atoms with van der Waals surface area (Å²) >= 11 is 12.2. The van der Waals surface area contributed by atoms with Crippen LogP contribution in [0.5, 0.6) is 11.5 Å². The van der Waals surface area contributed by atoms with E-state index in [9.17, 15) is 4.79 Å². The maximum Gasteiger partial charge on any atom is 0.232 e. The van der Waals surface area contributed by atoms with Crippen molar-refractivity contribution in [3.63, 3.8) is 0 Å². The lowest BCUT2D eigenvalue weighted by Crippen LogP contribution is -2.31. The number of nitrogens with zero attached hydrogens (tertiary/aromatic N) is 1. The SMILES string of the molecule is Cc1cc2c(c3c1C(=O)/C(=C/C=C/c1ccccc1)O3)CN(Cc1ccc(Cl)c(Cl)c1)CO2. The summed E-state index contributed by atoms with van der Waals surface area (Å²) in [4.78, 5) is 15.2. The molecular formula is C27H21Cl2NO3. The quantitative estimate of drug-likeness (QED) is 0.386.